The van der Waals surface area contributed by atoms with Gasteiger partial charge < -0.3 is 5.73 Å². The molecular weight excluding hydrogens is 48.8 g/mol. The zero-order valence-electron chi connectivity index (χ0n) is 2.57. The van der Waals surface area contributed by atoms with E-state index in [1.54, 1.807) is 0 Å². The average molecular weight is 54.9 g/mol. The molecule has 1 rings (SSSR count). The van der Waals surface area contributed by atoms with E-state index in [0.29, 0.717) is 5.94 Å². The van der Waals surface area contributed by atoms with Crippen LogP contribution >= 0.6 is 0 Å². The van der Waals surface area contributed by atoms with Gasteiger partial charge in [-0.25, -0.2) is 0 Å². The van der Waals surface area contributed by atoms with Crippen molar-refractivity contribution in [3.63, 3.8) is 0 Å². The van der Waals surface area contributed by atoms with E-state index < -0.39 is 0 Å². The van der Waals surface area contributed by atoms with Crippen LogP contribution in [0.4, 0.5) is 0 Å². The molecule has 1 nitrogen and oxygen atoms in total. The van der Waals surface area contributed by atoms with Gasteiger partial charge in [0.1, 0.15) is 7.28 Å². The van der Waals surface area contributed by atoms with E-state index in [1.165, 1.54) is 13.6 Å². The fraction of sp³-hybridized carbons (Fsp3) is 1.00. The molecule has 0 aromatic heterocycles. The highest BCUT2D eigenvalue weighted by Crippen LogP contribution is 2.01. The molecule has 1 heterocycles. The summed E-state index contributed by atoms with van der Waals surface area (Å²) in [5.74, 6) is 0.583. The third-order valence-electron chi connectivity index (χ3n) is 0.622. The predicted octanol–water partition coefficient (Wildman–Crippen LogP) is -0.860. The van der Waals surface area contributed by atoms with Crippen molar-refractivity contribution in [1.82, 2.24) is 0 Å². The zero-order valence-corrected chi connectivity index (χ0v) is 2.57. The van der Waals surface area contributed by atoms with Crippen molar-refractivity contribution in [2.75, 3.05) is 0 Å². The Hall–Kier alpha value is 0.0249. The van der Waals surface area contributed by atoms with Crippen molar-refractivity contribution in [2.45, 2.75) is 12.3 Å². The van der Waals surface area contributed by atoms with E-state index in [1.807, 2.05) is 0 Å². The fourth-order valence-electron chi connectivity index (χ4n) is 0.0962. The Bertz CT molecular complexity index is 25.2. The Morgan fingerprint density at radius 2 is 2.25 bits per heavy atom. The lowest BCUT2D eigenvalue weighted by Crippen LogP contribution is -1.97. The highest BCUT2D eigenvalue weighted by atomic mass is 14.6. The molecule has 1 saturated heterocycles. The van der Waals surface area contributed by atoms with Crippen molar-refractivity contribution in [1.29, 1.82) is 0 Å². The first kappa shape index (κ1) is 2.27. The van der Waals surface area contributed by atoms with Crippen LogP contribution in [0.15, 0.2) is 0 Å². The van der Waals surface area contributed by atoms with Crippen LogP contribution in [0, 0.1) is 0 Å². The minimum atomic E-state index is 0.583. The second kappa shape index (κ2) is 0.491. The standard InChI is InChI=1S/C2H6BN/c4-2-1-3-2/h2-3H,1,4H2. The van der Waals surface area contributed by atoms with Gasteiger partial charge in [0.15, 0.2) is 0 Å². The minimum absolute atomic E-state index is 0.583. The third kappa shape index (κ3) is 0.232. The van der Waals surface area contributed by atoms with Crippen molar-refractivity contribution in [3.05, 3.63) is 0 Å². The molecule has 0 amide bonds. The fourth-order valence-corrected chi connectivity index (χ4v) is 0.0962. The Balaban J connectivity index is 2.17. The summed E-state index contributed by atoms with van der Waals surface area (Å²) in [6.07, 6.45) is 1.26. The Labute approximate surface area is 26.4 Å². The minimum Gasteiger partial charge on any atom is -0.336 e. The van der Waals surface area contributed by atoms with E-state index in [-0.39, 0.29) is 0 Å². The maximum Gasteiger partial charge on any atom is 0.141 e. The molecule has 0 saturated carbocycles. The summed E-state index contributed by atoms with van der Waals surface area (Å²) in [6.45, 7) is 0. The SMILES string of the molecule is NC1BC1. The lowest BCUT2D eigenvalue weighted by molar-refractivity contribution is 1.15. The van der Waals surface area contributed by atoms with Crippen molar-refractivity contribution in [3.8, 4) is 0 Å². The second-order valence-corrected chi connectivity index (χ2v) is 1.34. The van der Waals surface area contributed by atoms with Gasteiger partial charge in [-0.05, 0) is 5.94 Å². The first-order chi connectivity index (χ1) is 1.89. The molecule has 1 atom stereocenters. The van der Waals surface area contributed by atoms with E-state index in [4.69, 9.17) is 5.73 Å². The quantitative estimate of drug-likeness (QED) is 0.358. The lowest BCUT2D eigenvalue weighted by atomic mass is 10.1. The molecule has 0 bridgehead atoms. The normalized spacial score (nSPS) is 37.8. The zero-order chi connectivity index (χ0) is 2.99. The van der Waals surface area contributed by atoms with E-state index in [2.05, 4.69) is 0 Å². The van der Waals surface area contributed by atoms with Crippen molar-refractivity contribution < 1.29 is 0 Å². The van der Waals surface area contributed by atoms with Gasteiger partial charge in [0, 0.05) is 0 Å². The van der Waals surface area contributed by atoms with Gasteiger partial charge in [-0.15, -0.1) is 0 Å². The number of rotatable bonds is 0. The summed E-state index contributed by atoms with van der Waals surface area (Å²) in [5.41, 5.74) is 5.22. The molecule has 0 aromatic carbocycles. The lowest BCUT2D eigenvalue weighted by Gasteiger charge is -1.59. The van der Waals surface area contributed by atoms with Crippen LogP contribution in [0.3, 0.4) is 0 Å². The summed E-state index contributed by atoms with van der Waals surface area (Å²) >= 11 is 0. The summed E-state index contributed by atoms with van der Waals surface area (Å²) < 4.78 is 0. The van der Waals surface area contributed by atoms with Crippen LogP contribution in [0.2, 0.25) is 6.32 Å². The van der Waals surface area contributed by atoms with Gasteiger partial charge in [-0.1, -0.05) is 6.32 Å². The number of hydrogen-bond acceptors (Lipinski definition) is 1. The van der Waals surface area contributed by atoms with E-state index in [0.717, 1.165) is 0 Å². The maximum absolute atomic E-state index is 5.22. The molecular formula is C2H6BN. The maximum atomic E-state index is 5.22. The summed E-state index contributed by atoms with van der Waals surface area (Å²) in [5, 5.41) is 0. The van der Waals surface area contributed by atoms with Gasteiger partial charge in [0.05, 0.1) is 0 Å². The Morgan fingerprint density at radius 1 is 2.00 bits per heavy atom. The third-order valence-corrected chi connectivity index (χ3v) is 0.622. The molecule has 0 aromatic rings. The predicted molar refractivity (Wildman–Crippen MR) is 19.9 cm³/mol. The van der Waals surface area contributed by atoms with Gasteiger partial charge >= 0.3 is 0 Å². The topological polar surface area (TPSA) is 26.0 Å². The Morgan fingerprint density at radius 3 is 2.25 bits per heavy atom. The summed E-state index contributed by atoms with van der Waals surface area (Å²) in [6, 6.07) is 0. The van der Waals surface area contributed by atoms with Crippen LogP contribution in [0.25, 0.3) is 0 Å². The molecule has 0 radical (unpaired) electrons. The van der Waals surface area contributed by atoms with Crippen LogP contribution in [-0.2, 0) is 0 Å². The smallest absolute Gasteiger partial charge is 0.141 e. The molecule has 4 heavy (non-hydrogen) atoms. The average Bonchev–Trinajstić information content (AvgIpc) is 1.75. The van der Waals surface area contributed by atoms with Gasteiger partial charge in [0.25, 0.3) is 0 Å². The van der Waals surface area contributed by atoms with Crippen molar-refractivity contribution >= 4 is 7.28 Å². The molecule has 0 aliphatic carbocycles. The number of hydrogen-bond donors (Lipinski definition) is 1. The molecule has 2 heteroatoms. The molecule has 1 aliphatic heterocycles. The molecule has 1 aliphatic rings. The first-order valence-electron chi connectivity index (χ1n) is 1.65. The van der Waals surface area contributed by atoms with E-state index in [9.17, 15) is 0 Å². The van der Waals surface area contributed by atoms with Crippen LogP contribution in [-0.4, -0.2) is 13.2 Å². The van der Waals surface area contributed by atoms with Gasteiger partial charge in [-0.2, -0.15) is 0 Å². The van der Waals surface area contributed by atoms with E-state index >= 15 is 0 Å². The molecule has 1 unspecified atom stereocenters. The van der Waals surface area contributed by atoms with Gasteiger partial charge in [0.2, 0.25) is 0 Å². The second-order valence-electron chi connectivity index (χ2n) is 1.34. The largest absolute Gasteiger partial charge is 0.336 e. The molecule has 1 fully saturated rings. The van der Waals surface area contributed by atoms with Gasteiger partial charge in [-0.3, -0.25) is 0 Å². The first-order valence-corrected chi connectivity index (χ1v) is 1.65. The van der Waals surface area contributed by atoms with Crippen molar-refractivity contribution in [2.24, 2.45) is 5.73 Å². The Kier molecular flexibility index (Phi) is 0.279. The summed E-state index contributed by atoms with van der Waals surface area (Å²) in [4.78, 5) is 0. The van der Waals surface area contributed by atoms with Crippen LogP contribution in [0.5, 0.6) is 0 Å². The summed E-state index contributed by atoms with van der Waals surface area (Å²) in [7, 11) is 1.26. The highest BCUT2D eigenvalue weighted by molar-refractivity contribution is 6.50. The molecule has 2 N–H and O–H groups in total. The van der Waals surface area contributed by atoms with Crippen LogP contribution in [0.1, 0.15) is 0 Å². The number of nitrogens with two attached hydrogens (primary N) is 1. The highest BCUT2D eigenvalue weighted by Gasteiger charge is 2.16. The van der Waals surface area contributed by atoms with Crippen LogP contribution < -0.4 is 5.73 Å². The monoisotopic (exact) mass is 55.1 g/mol. The molecule has 0 spiro atoms. The molecule has 22 valence electrons.